The number of hydrogen-bond acceptors (Lipinski definition) is 3. The lowest BCUT2D eigenvalue weighted by molar-refractivity contribution is -0.112. The monoisotopic (exact) mass is 209 g/mol. The van der Waals surface area contributed by atoms with E-state index < -0.39 is 11.5 Å². The van der Waals surface area contributed by atoms with Gasteiger partial charge in [0.1, 0.15) is 0 Å². The molecule has 0 bridgehead atoms. The zero-order chi connectivity index (χ0) is 11.6. The van der Waals surface area contributed by atoms with Crippen molar-refractivity contribution in [3.8, 4) is 0 Å². The number of aromatic nitrogens is 2. The van der Waals surface area contributed by atoms with Gasteiger partial charge in [0.25, 0.3) is 0 Å². The Hall–Kier alpha value is -1.62. The molecule has 0 aliphatic heterocycles. The third-order valence-corrected chi connectivity index (χ3v) is 1.80. The minimum absolute atomic E-state index is 0.171. The summed E-state index contributed by atoms with van der Waals surface area (Å²) in [6.45, 7) is 7.22. The molecule has 82 valence electrons. The van der Waals surface area contributed by atoms with Gasteiger partial charge in [0.15, 0.2) is 0 Å². The van der Waals surface area contributed by atoms with Crippen molar-refractivity contribution in [2.24, 2.45) is 5.73 Å². The summed E-state index contributed by atoms with van der Waals surface area (Å²) in [5, 5.41) is 13.6. The van der Waals surface area contributed by atoms with Gasteiger partial charge < -0.3 is 10.8 Å². The molecule has 1 aromatic heterocycles. The normalized spacial score (nSPS) is 11.4. The van der Waals surface area contributed by atoms with Crippen molar-refractivity contribution in [2.45, 2.75) is 26.0 Å². The summed E-state index contributed by atoms with van der Waals surface area (Å²) >= 11 is 0. The maximum Gasteiger partial charge on any atom is 0.250 e. The summed E-state index contributed by atoms with van der Waals surface area (Å²) in [6, 6.07) is 1.64. The molecule has 1 heterocycles. The van der Waals surface area contributed by atoms with Gasteiger partial charge in [-0.05, 0) is 19.9 Å². The minimum Gasteiger partial charge on any atom is -0.389 e. The number of nitrogens with two attached hydrogens (primary N) is 1. The lowest BCUT2D eigenvalue weighted by Gasteiger charge is -2.16. The molecule has 0 unspecified atom stereocenters. The topological polar surface area (TPSA) is 81.1 Å². The van der Waals surface area contributed by atoms with Crippen LogP contribution in [0.5, 0.6) is 0 Å². The van der Waals surface area contributed by atoms with Gasteiger partial charge in [0, 0.05) is 6.20 Å². The van der Waals surface area contributed by atoms with Gasteiger partial charge in [-0.1, -0.05) is 6.58 Å². The van der Waals surface area contributed by atoms with Crippen LogP contribution in [0.4, 0.5) is 0 Å². The third-order valence-electron chi connectivity index (χ3n) is 1.80. The van der Waals surface area contributed by atoms with E-state index in [0.29, 0.717) is 12.2 Å². The molecular formula is C10H15N3O2. The highest BCUT2D eigenvalue weighted by atomic mass is 16.3. The Morgan fingerprint density at radius 3 is 2.80 bits per heavy atom. The van der Waals surface area contributed by atoms with Crippen molar-refractivity contribution in [2.75, 3.05) is 0 Å². The molecular weight excluding hydrogens is 194 g/mol. The van der Waals surface area contributed by atoms with Crippen LogP contribution in [0, 0.1) is 0 Å². The average molecular weight is 209 g/mol. The van der Waals surface area contributed by atoms with Gasteiger partial charge in [0.05, 0.1) is 23.4 Å². The molecule has 15 heavy (non-hydrogen) atoms. The number of hydrogen-bond donors (Lipinski definition) is 2. The average Bonchev–Trinajstić information content (AvgIpc) is 2.48. The summed E-state index contributed by atoms with van der Waals surface area (Å²) < 4.78 is 1.55. The van der Waals surface area contributed by atoms with Crippen LogP contribution in [-0.2, 0) is 11.3 Å². The van der Waals surface area contributed by atoms with Gasteiger partial charge in [-0.25, -0.2) is 0 Å². The van der Waals surface area contributed by atoms with E-state index in [9.17, 15) is 9.90 Å². The SMILES string of the molecule is C=C(C(N)=O)c1ccn(CC(C)(C)O)n1. The van der Waals surface area contributed by atoms with Gasteiger partial charge >= 0.3 is 0 Å². The molecule has 0 aliphatic carbocycles. The van der Waals surface area contributed by atoms with E-state index in [1.54, 1.807) is 30.8 Å². The molecule has 0 aromatic carbocycles. The predicted octanol–water partition coefficient (Wildman–Crippen LogP) is 0.152. The van der Waals surface area contributed by atoms with Gasteiger partial charge in [-0.3, -0.25) is 9.48 Å². The summed E-state index contributed by atoms with van der Waals surface area (Å²) in [4.78, 5) is 10.8. The van der Waals surface area contributed by atoms with E-state index in [1.165, 1.54) is 0 Å². The van der Waals surface area contributed by atoms with E-state index in [-0.39, 0.29) is 5.57 Å². The maximum absolute atomic E-state index is 10.8. The first kappa shape index (κ1) is 11.5. The molecule has 0 atom stereocenters. The number of carbonyl (C=O) groups excluding carboxylic acids is 1. The maximum atomic E-state index is 10.8. The second-order valence-corrected chi connectivity index (χ2v) is 4.05. The van der Waals surface area contributed by atoms with Crippen molar-refractivity contribution in [1.29, 1.82) is 0 Å². The molecule has 5 nitrogen and oxygen atoms in total. The van der Waals surface area contributed by atoms with E-state index in [2.05, 4.69) is 11.7 Å². The van der Waals surface area contributed by atoms with Crippen molar-refractivity contribution >= 4 is 11.5 Å². The largest absolute Gasteiger partial charge is 0.389 e. The quantitative estimate of drug-likeness (QED) is 0.693. The fourth-order valence-electron chi connectivity index (χ4n) is 1.13. The minimum atomic E-state index is -0.850. The smallest absolute Gasteiger partial charge is 0.250 e. The molecule has 0 radical (unpaired) electrons. The van der Waals surface area contributed by atoms with Crippen LogP contribution in [0.15, 0.2) is 18.8 Å². The Balaban J connectivity index is 2.81. The first-order valence-corrected chi connectivity index (χ1v) is 4.54. The fourth-order valence-corrected chi connectivity index (χ4v) is 1.13. The summed E-state index contributed by atoms with van der Waals surface area (Å²) in [5.74, 6) is -0.594. The first-order valence-electron chi connectivity index (χ1n) is 4.54. The van der Waals surface area contributed by atoms with E-state index in [1.807, 2.05) is 0 Å². The second-order valence-electron chi connectivity index (χ2n) is 4.05. The molecule has 1 rings (SSSR count). The van der Waals surface area contributed by atoms with E-state index in [0.717, 1.165) is 0 Å². The van der Waals surface area contributed by atoms with Crippen molar-refractivity contribution in [3.05, 3.63) is 24.5 Å². The van der Waals surface area contributed by atoms with Crippen LogP contribution in [0.1, 0.15) is 19.5 Å². The predicted molar refractivity (Wildman–Crippen MR) is 56.8 cm³/mol. The number of amides is 1. The van der Waals surface area contributed by atoms with Crippen LogP contribution >= 0.6 is 0 Å². The fraction of sp³-hybridized carbons (Fsp3) is 0.400. The number of carbonyl (C=O) groups is 1. The lowest BCUT2D eigenvalue weighted by atomic mass is 10.1. The second kappa shape index (κ2) is 3.86. The van der Waals surface area contributed by atoms with Crippen molar-refractivity contribution in [1.82, 2.24) is 9.78 Å². The highest BCUT2D eigenvalue weighted by molar-refractivity contribution is 6.17. The third kappa shape index (κ3) is 3.21. The van der Waals surface area contributed by atoms with Crippen LogP contribution in [-0.4, -0.2) is 26.4 Å². The molecule has 0 saturated heterocycles. The Morgan fingerprint density at radius 1 is 1.73 bits per heavy atom. The zero-order valence-electron chi connectivity index (χ0n) is 8.90. The Bertz CT molecular complexity index is 388. The number of nitrogens with zero attached hydrogens (tertiary/aromatic N) is 2. The standard InChI is InChI=1S/C10H15N3O2/c1-7(9(11)14)8-4-5-13(12-8)6-10(2,3)15/h4-5,15H,1,6H2,2-3H3,(H2,11,14). The molecule has 0 fully saturated rings. The number of rotatable bonds is 4. The van der Waals surface area contributed by atoms with Crippen LogP contribution < -0.4 is 5.73 Å². The molecule has 3 N–H and O–H groups in total. The molecule has 5 heteroatoms. The Morgan fingerprint density at radius 2 is 2.33 bits per heavy atom. The zero-order valence-corrected chi connectivity index (χ0v) is 8.90. The summed E-state index contributed by atoms with van der Waals surface area (Å²) in [6.07, 6.45) is 1.67. The van der Waals surface area contributed by atoms with Gasteiger partial charge in [-0.2, -0.15) is 5.10 Å². The van der Waals surface area contributed by atoms with Gasteiger partial charge in [-0.15, -0.1) is 0 Å². The van der Waals surface area contributed by atoms with Crippen LogP contribution in [0.3, 0.4) is 0 Å². The summed E-state index contributed by atoms with van der Waals surface area (Å²) in [7, 11) is 0. The van der Waals surface area contributed by atoms with E-state index in [4.69, 9.17) is 5.73 Å². The number of aliphatic hydroxyl groups is 1. The Kier molecular flexibility index (Phi) is 2.95. The lowest BCUT2D eigenvalue weighted by Crippen LogP contribution is -2.26. The first-order chi connectivity index (χ1) is 6.79. The number of primary amides is 1. The molecule has 1 aromatic rings. The molecule has 0 aliphatic rings. The molecule has 0 saturated carbocycles. The highest BCUT2D eigenvalue weighted by Crippen LogP contribution is 2.10. The van der Waals surface area contributed by atoms with Crippen LogP contribution in [0.25, 0.3) is 5.57 Å². The molecule has 1 amide bonds. The van der Waals surface area contributed by atoms with Crippen LogP contribution in [0.2, 0.25) is 0 Å². The highest BCUT2D eigenvalue weighted by Gasteiger charge is 2.15. The molecule has 0 spiro atoms. The summed E-state index contributed by atoms with van der Waals surface area (Å²) in [5.41, 5.74) is 4.83. The van der Waals surface area contributed by atoms with Crippen molar-refractivity contribution in [3.63, 3.8) is 0 Å². The Labute approximate surface area is 88.2 Å². The van der Waals surface area contributed by atoms with E-state index >= 15 is 0 Å². The van der Waals surface area contributed by atoms with Crippen molar-refractivity contribution < 1.29 is 9.90 Å². The van der Waals surface area contributed by atoms with Gasteiger partial charge in [0.2, 0.25) is 5.91 Å².